The van der Waals surface area contributed by atoms with Crippen molar-refractivity contribution in [1.82, 2.24) is 30.0 Å². The van der Waals surface area contributed by atoms with E-state index in [0.717, 1.165) is 43.9 Å². The molecule has 0 saturated carbocycles. The summed E-state index contributed by atoms with van der Waals surface area (Å²) in [7, 11) is 1.88. The second-order valence-corrected chi connectivity index (χ2v) is 7.69. The Bertz CT molecular complexity index is 1020. The fourth-order valence-corrected chi connectivity index (χ4v) is 3.69. The Morgan fingerprint density at radius 1 is 1.20 bits per heavy atom. The third kappa shape index (κ3) is 4.54. The molecule has 0 unspecified atom stereocenters. The van der Waals surface area contributed by atoms with Gasteiger partial charge in [0.2, 0.25) is 0 Å². The molecule has 1 fully saturated rings. The smallest absolute Gasteiger partial charge is 0.271 e. The zero-order valence-corrected chi connectivity index (χ0v) is 17.2. The van der Waals surface area contributed by atoms with Crippen LogP contribution in [0.5, 0.6) is 0 Å². The first-order chi connectivity index (χ1) is 14.5. The van der Waals surface area contributed by atoms with Gasteiger partial charge in [-0.25, -0.2) is 9.37 Å². The minimum Gasteiger partial charge on any atom is -0.348 e. The third-order valence-corrected chi connectivity index (χ3v) is 5.45. The summed E-state index contributed by atoms with van der Waals surface area (Å²) in [6.45, 7) is 4.31. The molecule has 1 saturated heterocycles. The number of aromatic nitrogens is 4. The van der Waals surface area contributed by atoms with Crippen LogP contribution in [0, 0.1) is 12.7 Å². The lowest BCUT2D eigenvalue weighted by molar-refractivity contribution is 0.0902. The summed E-state index contributed by atoms with van der Waals surface area (Å²) in [5.41, 5.74) is 3.32. The number of carbonyl (C=O) groups excluding carboxylic acids is 1. The summed E-state index contributed by atoms with van der Waals surface area (Å²) >= 11 is 0. The average Bonchev–Trinajstić information content (AvgIpc) is 3.10. The summed E-state index contributed by atoms with van der Waals surface area (Å²) < 4.78 is 15.9. The van der Waals surface area contributed by atoms with Crippen LogP contribution in [0.15, 0.2) is 42.7 Å². The number of likely N-dealkylation sites (tertiary alicyclic amines) is 1. The Kier molecular flexibility index (Phi) is 5.85. The molecule has 1 aromatic carbocycles. The third-order valence-electron chi connectivity index (χ3n) is 5.45. The molecule has 1 aliphatic rings. The van der Waals surface area contributed by atoms with E-state index in [9.17, 15) is 9.18 Å². The molecule has 0 spiro atoms. The van der Waals surface area contributed by atoms with Crippen LogP contribution >= 0.6 is 0 Å². The number of nitrogens with zero attached hydrogens (tertiary/aromatic N) is 5. The maximum atomic E-state index is 14.1. The van der Waals surface area contributed by atoms with Crippen molar-refractivity contribution < 1.29 is 9.18 Å². The highest BCUT2D eigenvalue weighted by Gasteiger charge is 2.23. The molecule has 0 bridgehead atoms. The maximum Gasteiger partial charge on any atom is 0.271 e. The minimum absolute atomic E-state index is 0.123. The number of halogens is 1. The van der Waals surface area contributed by atoms with Gasteiger partial charge in [-0.15, -0.1) is 0 Å². The number of rotatable bonds is 5. The lowest BCUT2D eigenvalue weighted by atomic mass is 10.0. The lowest BCUT2D eigenvalue weighted by Gasteiger charge is -2.32. The van der Waals surface area contributed by atoms with Crippen LogP contribution in [0.3, 0.4) is 0 Å². The van der Waals surface area contributed by atoms with E-state index in [-0.39, 0.29) is 17.8 Å². The summed E-state index contributed by atoms with van der Waals surface area (Å²) in [5.74, 6) is -0.445. The lowest BCUT2D eigenvalue weighted by Crippen LogP contribution is -2.44. The van der Waals surface area contributed by atoms with Gasteiger partial charge in [-0.3, -0.25) is 19.4 Å². The summed E-state index contributed by atoms with van der Waals surface area (Å²) in [6, 6.07) is 8.75. The predicted octanol–water partition coefficient (Wildman–Crippen LogP) is 2.72. The van der Waals surface area contributed by atoms with Crippen LogP contribution in [0.2, 0.25) is 0 Å². The maximum absolute atomic E-state index is 14.1. The first kappa shape index (κ1) is 20.2. The molecule has 156 valence electrons. The number of hydrogen-bond donors (Lipinski definition) is 1. The van der Waals surface area contributed by atoms with Gasteiger partial charge < -0.3 is 5.32 Å². The summed E-state index contributed by atoms with van der Waals surface area (Å²) in [4.78, 5) is 22.9. The summed E-state index contributed by atoms with van der Waals surface area (Å²) in [6.07, 6.45) is 4.84. The van der Waals surface area contributed by atoms with Crippen LogP contribution in [0.25, 0.3) is 11.3 Å². The molecule has 0 radical (unpaired) electrons. The normalized spacial score (nSPS) is 15.3. The largest absolute Gasteiger partial charge is 0.348 e. The van der Waals surface area contributed by atoms with Crippen LogP contribution in [0.1, 0.15) is 34.7 Å². The Hall–Kier alpha value is -3.13. The number of piperidine rings is 1. The Morgan fingerprint density at radius 3 is 2.67 bits per heavy atom. The van der Waals surface area contributed by atoms with Crippen molar-refractivity contribution in [3.05, 3.63) is 65.6 Å². The minimum atomic E-state index is -0.267. The molecule has 3 heterocycles. The zero-order chi connectivity index (χ0) is 21.1. The van der Waals surface area contributed by atoms with Gasteiger partial charge in [-0.05, 0) is 38.0 Å². The second kappa shape index (κ2) is 8.71. The first-order valence-corrected chi connectivity index (χ1v) is 10.1. The molecule has 3 aromatic rings. The fourth-order valence-electron chi connectivity index (χ4n) is 3.69. The Balaban J connectivity index is 1.32. The number of carbonyl (C=O) groups is 1. The van der Waals surface area contributed by atoms with Crippen molar-refractivity contribution in [2.75, 3.05) is 13.1 Å². The van der Waals surface area contributed by atoms with Crippen molar-refractivity contribution >= 4 is 5.91 Å². The van der Waals surface area contributed by atoms with Gasteiger partial charge in [0.15, 0.2) is 0 Å². The molecule has 1 aliphatic heterocycles. The van der Waals surface area contributed by atoms with Crippen molar-refractivity contribution in [3.8, 4) is 11.3 Å². The van der Waals surface area contributed by atoms with Gasteiger partial charge in [0, 0.05) is 44.5 Å². The standard InChI is InChI=1S/C22H25FN6O/c1-15-12-25-21(13-24-15)22(30)26-16-7-9-29(10-8-16)14-17-11-20(27-28(17)2)18-5-3-4-6-19(18)23/h3-6,11-13,16H,7-10,14H2,1-2H3,(H,26,30). The molecule has 2 aromatic heterocycles. The highest BCUT2D eigenvalue weighted by Crippen LogP contribution is 2.23. The van der Waals surface area contributed by atoms with E-state index in [1.807, 2.05) is 30.8 Å². The van der Waals surface area contributed by atoms with E-state index in [0.29, 0.717) is 17.0 Å². The predicted molar refractivity (Wildman–Crippen MR) is 111 cm³/mol. The molecule has 1 amide bonds. The van der Waals surface area contributed by atoms with Gasteiger partial charge >= 0.3 is 0 Å². The van der Waals surface area contributed by atoms with Gasteiger partial charge in [-0.2, -0.15) is 5.10 Å². The topological polar surface area (TPSA) is 75.9 Å². The Morgan fingerprint density at radius 2 is 1.97 bits per heavy atom. The highest BCUT2D eigenvalue weighted by molar-refractivity contribution is 5.92. The quantitative estimate of drug-likeness (QED) is 0.703. The van der Waals surface area contributed by atoms with Crippen LogP contribution in [0.4, 0.5) is 4.39 Å². The number of aryl methyl sites for hydroxylation is 2. The van der Waals surface area contributed by atoms with Gasteiger partial charge in [0.25, 0.3) is 5.91 Å². The second-order valence-electron chi connectivity index (χ2n) is 7.69. The molecule has 0 atom stereocenters. The van der Waals surface area contributed by atoms with E-state index < -0.39 is 0 Å². The molecular weight excluding hydrogens is 383 g/mol. The fraction of sp³-hybridized carbons (Fsp3) is 0.364. The monoisotopic (exact) mass is 408 g/mol. The molecule has 7 nitrogen and oxygen atoms in total. The van der Waals surface area contributed by atoms with E-state index in [2.05, 4.69) is 25.3 Å². The van der Waals surface area contributed by atoms with E-state index in [1.54, 1.807) is 18.3 Å². The first-order valence-electron chi connectivity index (χ1n) is 10.1. The number of benzene rings is 1. The van der Waals surface area contributed by atoms with Gasteiger partial charge in [-0.1, -0.05) is 12.1 Å². The summed E-state index contributed by atoms with van der Waals surface area (Å²) in [5, 5.41) is 7.54. The molecular formula is C22H25FN6O. The molecule has 30 heavy (non-hydrogen) atoms. The van der Waals surface area contributed by atoms with Crippen LogP contribution in [-0.2, 0) is 13.6 Å². The SMILES string of the molecule is Cc1cnc(C(=O)NC2CCN(Cc3cc(-c4ccccc4F)nn3C)CC2)cn1. The van der Waals surface area contributed by atoms with Crippen molar-refractivity contribution in [3.63, 3.8) is 0 Å². The molecule has 0 aliphatic carbocycles. The Labute approximate surface area is 175 Å². The van der Waals surface area contributed by atoms with Crippen molar-refractivity contribution in [2.24, 2.45) is 7.05 Å². The average molecular weight is 408 g/mol. The number of amides is 1. The van der Waals surface area contributed by atoms with Gasteiger partial charge in [0.1, 0.15) is 11.5 Å². The molecule has 4 rings (SSSR count). The molecule has 8 heteroatoms. The van der Waals surface area contributed by atoms with Crippen LogP contribution < -0.4 is 5.32 Å². The van der Waals surface area contributed by atoms with Gasteiger partial charge in [0.05, 0.1) is 23.3 Å². The number of hydrogen-bond acceptors (Lipinski definition) is 5. The van der Waals surface area contributed by atoms with E-state index in [1.165, 1.54) is 12.3 Å². The highest BCUT2D eigenvalue weighted by atomic mass is 19.1. The van der Waals surface area contributed by atoms with Crippen molar-refractivity contribution in [2.45, 2.75) is 32.4 Å². The van der Waals surface area contributed by atoms with Crippen LogP contribution in [-0.4, -0.2) is 49.7 Å². The zero-order valence-electron chi connectivity index (χ0n) is 17.2. The molecule has 1 N–H and O–H groups in total. The van der Waals surface area contributed by atoms with Crippen molar-refractivity contribution in [1.29, 1.82) is 0 Å². The van der Waals surface area contributed by atoms with E-state index in [4.69, 9.17) is 0 Å². The number of nitrogens with one attached hydrogen (secondary N) is 1. The van der Waals surface area contributed by atoms with E-state index >= 15 is 0 Å².